The van der Waals surface area contributed by atoms with E-state index in [1.807, 2.05) is 6.92 Å². The van der Waals surface area contributed by atoms with Gasteiger partial charge >= 0.3 is 0 Å². The van der Waals surface area contributed by atoms with Gasteiger partial charge in [0.2, 0.25) is 0 Å². The minimum atomic E-state index is -0.239. The second-order valence-corrected chi connectivity index (χ2v) is 3.52. The van der Waals surface area contributed by atoms with E-state index in [-0.39, 0.29) is 5.91 Å². The molecule has 2 N–H and O–H groups in total. The third kappa shape index (κ3) is 3.00. The van der Waals surface area contributed by atoms with Gasteiger partial charge in [0.1, 0.15) is 5.82 Å². The maximum Gasteiger partial charge on any atom is 0.257 e. The lowest BCUT2D eigenvalue weighted by Gasteiger charge is -2.05. The average Bonchev–Trinajstić information content (AvgIpc) is 2.40. The lowest BCUT2D eigenvalue weighted by Crippen LogP contribution is -2.14. The number of carbonyl (C=O) groups excluding carboxylic acids is 1. The lowest BCUT2D eigenvalue weighted by molar-refractivity contribution is 0.102. The topological polar surface area (TPSA) is 79.8 Å². The van der Waals surface area contributed by atoms with Gasteiger partial charge in [-0.05, 0) is 31.2 Å². The van der Waals surface area contributed by atoms with Crippen molar-refractivity contribution in [2.75, 3.05) is 17.2 Å². The Morgan fingerprint density at radius 1 is 1.28 bits per heavy atom. The molecule has 0 saturated carbocycles. The van der Waals surface area contributed by atoms with Gasteiger partial charge in [-0.3, -0.25) is 4.79 Å². The molecule has 18 heavy (non-hydrogen) atoms. The van der Waals surface area contributed by atoms with Crippen molar-refractivity contribution in [1.29, 1.82) is 0 Å². The largest absolute Gasteiger partial charge is 0.370 e. The van der Waals surface area contributed by atoms with Crippen molar-refractivity contribution in [1.82, 2.24) is 15.2 Å². The monoisotopic (exact) mass is 243 g/mol. The van der Waals surface area contributed by atoms with Crippen molar-refractivity contribution < 1.29 is 4.79 Å². The molecule has 2 heterocycles. The summed E-state index contributed by atoms with van der Waals surface area (Å²) in [4.78, 5) is 16.0. The minimum Gasteiger partial charge on any atom is -0.370 e. The second kappa shape index (κ2) is 5.72. The van der Waals surface area contributed by atoms with E-state index in [0.29, 0.717) is 17.2 Å². The van der Waals surface area contributed by atoms with E-state index in [1.165, 1.54) is 0 Å². The van der Waals surface area contributed by atoms with Gasteiger partial charge < -0.3 is 10.6 Å². The average molecular weight is 243 g/mol. The number of amides is 1. The fraction of sp³-hybridized carbons (Fsp3) is 0.167. The summed E-state index contributed by atoms with van der Waals surface area (Å²) in [7, 11) is 0. The van der Waals surface area contributed by atoms with Crippen LogP contribution < -0.4 is 10.6 Å². The molecule has 0 spiro atoms. The van der Waals surface area contributed by atoms with E-state index in [9.17, 15) is 4.79 Å². The van der Waals surface area contributed by atoms with E-state index in [0.717, 1.165) is 6.54 Å². The molecule has 0 fully saturated rings. The number of rotatable bonds is 4. The summed E-state index contributed by atoms with van der Waals surface area (Å²) in [6.07, 6.45) is 3.13. The first-order valence-corrected chi connectivity index (χ1v) is 5.58. The summed E-state index contributed by atoms with van der Waals surface area (Å²) in [5, 5.41) is 13.2. The minimum absolute atomic E-state index is 0.239. The standard InChI is InChI=1S/C12H13N5O/c1-2-13-11-8-9(5-7-14-11)12(18)16-10-4-3-6-15-17-10/h3-8H,2H2,1H3,(H,13,14)(H,16,17,18). The molecular weight excluding hydrogens is 230 g/mol. The van der Waals surface area contributed by atoms with Crippen LogP contribution in [0.1, 0.15) is 17.3 Å². The maximum absolute atomic E-state index is 11.9. The number of carbonyl (C=O) groups is 1. The maximum atomic E-state index is 11.9. The van der Waals surface area contributed by atoms with Crippen molar-refractivity contribution in [3.63, 3.8) is 0 Å². The second-order valence-electron chi connectivity index (χ2n) is 3.52. The number of aromatic nitrogens is 3. The Balaban J connectivity index is 2.11. The number of anilines is 2. The zero-order chi connectivity index (χ0) is 12.8. The molecule has 2 aromatic rings. The predicted octanol–water partition coefficient (Wildman–Crippen LogP) is 1.56. The summed E-state index contributed by atoms with van der Waals surface area (Å²) in [6.45, 7) is 2.72. The highest BCUT2D eigenvalue weighted by atomic mass is 16.1. The molecule has 0 radical (unpaired) electrons. The van der Waals surface area contributed by atoms with Crippen LogP contribution in [0.4, 0.5) is 11.6 Å². The van der Waals surface area contributed by atoms with Crippen LogP contribution in [0.25, 0.3) is 0 Å². The summed E-state index contributed by atoms with van der Waals surface area (Å²) in [6, 6.07) is 6.72. The number of hydrogen-bond donors (Lipinski definition) is 2. The quantitative estimate of drug-likeness (QED) is 0.851. The van der Waals surface area contributed by atoms with Gasteiger partial charge in [0.15, 0.2) is 5.82 Å². The third-order valence-corrected chi connectivity index (χ3v) is 2.19. The van der Waals surface area contributed by atoms with Gasteiger partial charge in [0, 0.05) is 24.5 Å². The molecule has 2 aromatic heterocycles. The Kier molecular flexibility index (Phi) is 3.80. The van der Waals surface area contributed by atoms with E-state index in [2.05, 4.69) is 25.8 Å². The van der Waals surface area contributed by atoms with Crippen molar-refractivity contribution in [2.45, 2.75) is 6.92 Å². The van der Waals surface area contributed by atoms with Crippen LogP contribution in [-0.4, -0.2) is 27.6 Å². The van der Waals surface area contributed by atoms with Crippen LogP contribution in [0.3, 0.4) is 0 Å². The molecule has 92 valence electrons. The Morgan fingerprint density at radius 3 is 2.89 bits per heavy atom. The fourth-order valence-electron chi connectivity index (χ4n) is 1.41. The normalized spacial score (nSPS) is 9.83. The molecule has 0 aliphatic heterocycles. The molecule has 6 nitrogen and oxygen atoms in total. The van der Waals surface area contributed by atoms with E-state index >= 15 is 0 Å². The molecule has 2 rings (SSSR count). The Hall–Kier alpha value is -2.50. The van der Waals surface area contributed by atoms with Gasteiger partial charge in [-0.25, -0.2) is 4.98 Å². The highest BCUT2D eigenvalue weighted by molar-refractivity contribution is 6.04. The summed E-state index contributed by atoms with van der Waals surface area (Å²) >= 11 is 0. The van der Waals surface area contributed by atoms with Crippen LogP contribution in [0, 0.1) is 0 Å². The molecule has 0 aromatic carbocycles. The van der Waals surface area contributed by atoms with Crippen molar-refractivity contribution >= 4 is 17.5 Å². The van der Waals surface area contributed by atoms with Gasteiger partial charge in [0.05, 0.1) is 0 Å². The molecule has 0 unspecified atom stereocenters. The van der Waals surface area contributed by atoms with Gasteiger partial charge in [0.25, 0.3) is 5.91 Å². The molecule has 6 heteroatoms. The van der Waals surface area contributed by atoms with Crippen LogP contribution in [0.15, 0.2) is 36.7 Å². The highest BCUT2D eigenvalue weighted by Crippen LogP contribution is 2.09. The number of pyridine rings is 1. The summed E-state index contributed by atoms with van der Waals surface area (Å²) < 4.78 is 0. The Morgan fingerprint density at radius 2 is 2.17 bits per heavy atom. The van der Waals surface area contributed by atoms with Crippen molar-refractivity contribution in [3.05, 3.63) is 42.2 Å². The zero-order valence-electron chi connectivity index (χ0n) is 9.92. The Bertz CT molecular complexity index is 529. The smallest absolute Gasteiger partial charge is 0.257 e. The van der Waals surface area contributed by atoms with Crippen LogP contribution in [0.2, 0.25) is 0 Å². The predicted molar refractivity (Wildman–Crippen MR) is 68.4 cm³/mol. The van der Waals surface area contributed by atoms with Crippen LogP contribution in [0.5, 0.6) is 0 Å². The molecule has 0 bridgehead atoms. The highest BCUT2D eigenvalue weighted by Gasteiger charge is 2.07. The molecule has 0 atom stereocenters. The Labute approximate surface area is 104 Å². The van der Waals surface area contributed by atoms with Crippen molar-refractivity contribution in [3.8, 4) is 0 Å². The first kappa shape index (κ1) is 12.0. The van der Waals surface area contributed by atoms with E-state index in [4.69, 9.17) is 0 Å². The number of nitrogens with zero attached hydrogens (tertiary/aromatic N) is 3. The number of hydrogen-bond acceptors (Lipinski definition) is 5. The molecule has 0 aliphatic carbocycles. The number of nitrogens with one attached hydrogen (secondary N) is 2. The molecular formula is C12H13N5O. The van der Waals surface area contributed by atoms with Crippen molar-refractivity contribution in [2.24, 2.45) is 0 Å². The van der Waals surface area contributed by atoms with E-state index in [1.54, 1.807) is 36.7 Å². The van der Waals surface area contributed by atoms with E-state index < -0.39 is 0 Å². The molecule has 1 amide bonds. The van der Waals surface area contributed by atoms with Gasteiger partial charge in [-0.2, -0.15) is 5.10 Å². The zero-order valence-corrected chi connectivity index (χ0v) is 9.92. The molecule has 0 saturated heterocycles. The van der Waals surface area contributed by atoms with Gasteiger partial charge in [-0.1, -0.05) is 0 Å². The summed E-state index contributed by atoms with van der Waals surface area (Å²) in [5.74, 6) is 0.852. The first-order valence-electron chi connectivity index (χ1n) is 5.58. The van der Waals surface area contributed by atoms with Crippen LogP contribution >= 0.6 is 0 Å². The lowest BCUT2D eigenvalue weighted by atomic mass is 10.2. The SMILES string of the molecule is CCNc1cc(C(=O)Nc2cccnn2)ccn1. The van der Waals surface area contributed by atoms with Crippen LogP contribution in [-0.2, 0) is 0 Å². The fourth-order valence-corrected chi connectivity index (χ4v) is 1.41. The van der Waals surface area contributed by atoms with Gasteiger partial charge in [-0.15, -0.1) is 5.10 Å². The third-order valence-electron chi connectivity index (χ3n) is 2.19. The molecule has 0 aliphatic rings. The first-order chi connectivity index (χ1) is 8.79. The summed E-state index contributed by atoms with van der Waals surface area (Å²) in [5.41, 5.74) is 0.520.